The quantitative estimate of drug-likeness (QED) is 0.561. The minimum atomic E-state index is -3.56. The molecule has 138 valence electrons. The van der Waals surface area contributed by atoms with Crippen molar-refractivity contribution in [2.45, 2.75) is 5.09 Å². The predicted molar refractivity (Wildman–Crippen MR) is 98.2 cm³/mol. The van der Waals surface area contributed by atoms with Gasteiger partial charge in [0, 0.05) is 23.4 Å². The van der Waals surface area contributed by atoms with E-state index in [2.05, 4.69) is 10.3 Å². The second-order valence-corrected chi connectivity index (χ2v) is 8.54. The number of amides is 1. The smallest absolute Gasteiger partial charge is 0.292 e. The Morgan fingerprint density at radius 2 is 1.96 bits per heavy atom. The fourth-order valence-electron chi connectivity index (χ4n) is 2.52. The fourth-order valence-corrected chi connectivity index (χ4v) is 3.80. The molecule has 0 saturated carbocycles. The van der Waals surface area contributed by atoms with E-state index in [1.807, 2.05) is 0 Å². The van der Waals surface area contributed by atoms with Crippen LogP contribution in [0.3, 0.4) is 0 Å². The molecule has 0 aliphatic rings. The molecule has 27 heavy (non-hydrogen) atoms. The van der Waals surface area contributed by atoms with Crippen molar-refractivity contribution in [2.24, 2.45) is 0 Å². The Morgan fingerprint density at radius 3 is 2.63 bits per heavy atom. The third kappa shape index (κ3) is 3.24. The van der Waals surface area contributed by atoms with Crippen LogP contribution in [0.4, 0.5) is 10.2 Å². The first-order valence-electron chi connectivity index (χ1n) is 7.65. The summed E-state index contributed by atoms with van der Waals surface area (Å²) in [6.07, 6.45) is 2.73. The number of anilines is 1. The van der Waals surface area contributed by atoms with Crippen molar-refractivity contribution in [3.63, 3.8) is 0 Å². The molecule has 0 unspecified atom stereocenters. The number of fused-ring (bicyclic) bond motifs is 1. The van der Waals surface area contributed by atoms with Crippen molar-refractivity contribution in [1.82, 2.24) is 9.38 Å². The van der Waals surface area contributed by atoms with Crippen LogP contribution in [0, 0.1) is 5.82 Å². The Kier molecular flexibility index (Phi) is 4.08. The Bertz CT molecular complexity index is 1250. The number of carbonyl (C=O) groups is 1. The molecule has 0 fully saturated rings. The molecule has 0 aliphatic heterocycles. The van der Waals surface area contributed by atoms with Crippen LogP contribution in [0.15, 0.2) is 57.5 Å². The maximum absolute atomic E-state index is 13.2. The van der Waals surface area contributed by atoms with Gasteiger partial charge in [0.2, 0.25) is 14.9 Å². The Balaban J connectivity index is 1.74. The van der Waals surface area contributed by atoms with E-state index in [9.17, 15) is 17.6 Å². The van der Waals surface area contributed by atoms with E-state index in [1.165, 1.54) is 35.6 Å². The van der Waals surface area contributed by atoms with Crippen LogP contribution in [-0.2, 0) is 9.84 Å². The first-order chi connectivity index (χ1) is 12.8. The van der Waals surface area contributed by atoms with Gasteiger partial charge in [-0.1, -0.05) is 0 Å². The van der Waals surface area contributed by atoms with Gasteiger partial charge in [-0.05, 0) is 36.4 Å². The SMILES string of the molecule is CS(=O)(=O)c1ccc(C(=O)Nc2c(-c3ccc(F)cc3)nc3sccn23)o1. The number of aromatic nitrogens is 2. The first kappa shape index (κ1) is 17.4. The summed E-state index contributed by atoms with van der Waals surface area (Å²) in [7, 11) is -3.56. The summed E-state index contributed by atoms with van der Waals surface area (Å²) in [5, 5.41) is 4.21. The van der Waals surface area contributed by atoms with Gasteiger partial charge in [-0.15, -0.1) is 11.3 Å². The molecular weight excluding hydrogens is 393 g/mol. The van der Waals surface area contributed by atoms with Gasteiger partial charge >= 0.3 is 0 Å². The maximum atomic E-state index is 13.2. The van der Waals surface area contributed by atoms with Crippen molar-refractivity contribution in [3.8, 4) is 11.3 Å². The highest BCUT2D eigenvalue weighted by molar-refractivity contribution is 7.90. The van der Waals surface area contributed by atoms with Crippen LogP contribution in [0.2, 0.25) is 0 Å². The van der Waals surface area contributed by atoms with Crippen LogP contribution >= 0.6 is 11.3 Å². The van der Waals surface area contributed by atoms with Crippen molar-refractivity contribution in [2.75, 3.05) is 11.6 Å². The number of nitrogens with one attached hydrogen (secondary N) is 1. The lowest BCUT2D eigenvalue weighted by Gasteiger charge is -2.06. The highest BCUT2D eigenvalue weighted by atomic mass is 32.2. The van der Waals surface area contributed by atoms with Gasteiger partial charge in [0.05, 0.1) is 0 Å². The van der Waals surface area contributed by atoms with E-state index in [-0.39, 0.29) is 16.7 Å². The lowest BCUT2D eigenvalue weighted by molar-refractivity contribution is 0.0991. The Morgan fingerprint density at radius 1 is 1.22 bits per heavy atom. The van der Waals surface area contributed by atoms with E-state index < -0.39 is 15.7 Å². The summed E-state index contributed by atoms with van der Waals surface area (Å²) in [6, 6.07) is 8.24. The minimum Gasteiger partial charge on any atom is -0.440 e. The number of hydrogen-bond donors (Lipinski definition) is 1. The molecule has 0 spiro atoms. The normalized spacial score (nSPS) is 11.8. The summed E-state index contributed by atoms with van der Waals surface area (Å²) in [6.45, 7) is 0. The number of sulfone groups is 1. The maximum Gasteiger partial charge on any atom is 0.292 e. The average molecular weight is 405 g/mol. The monoisotopic (exact) mass is 405 g/mol. The van der Waals surface area contributed by atoms with E-state index >= 15 is 0 Å². The minimum absolute atomic E-state index is 0.148. The molecule has 7 nitrogen and oxygen atoms in total. The van der Waals surface area contributed by atoms with Crippen LogP contribution in [0.1, 0.15) is 10.6 Å². The summed E-state index contributed by atoms with van der Waals surface area (Å²) in [5.41, 5.74) is 1.09. The lowest BCUT2D eigenvalue weighted by atomic mass is 10.1. The largest absolute Gasteiger partial charge is 0.440 e. The second kappa shape index (κ2) is 6.32. The highest BCUT2D eigenvalue weighted by Crippen LogP contribution is 2.31. The third-order valence-corrected chi connectivity index (χ3v) is 5.49. The molecule has 0 radical (unpaired) electrons. The molecule has 1 amide bonds. The first-order valence-corrected chi connectivity index (χ1v) is 10.4. The van der Waals surface area contributed by atoms with E-state index in [0.29, 0.717) is 22.0 Å². The number of rotatable bonds is 4. The van der Waals surface area contributed by atoms with Crippen molar-refractivity contribution in [3.05, 3.63) is 59.6 Å². The molecule has 0 saturated heterocycles. The molecule has 1 aromatic carbocycles. The van der Waals surface area contributed by atoms with Crippen molar-refractivity contribution >= 4 is 37.9 Å². The summed E-state index contributed by atoms with van der Waals surface area (Å²) < 4.78 is 43.1. The number of thiazole rings is 1. The van der Waals surface area contributed by atoms with Gasteiger partial charge in [-0.25, -0.2) is 17.8 Å². The number of carbonyl (C=O) groups excluding carboxylic acids is 1. The van der Waals surface area contributed by atoms with E-state index in [4.69, 9.17) is 4.42 Å². The summed E-state index contributed by atoms with van der Waals surface area (Å²) in [4.78, 5) is 17.7. The zero-order valence-corrected chi connectivity index (χ0v) is 15.5. The molecule has 3 heterocycles. The molecule has 10 heteroatoms. The van der Waals surface area contributed by atoms with Crippen molar-refractivity contribution in [1.29, 1.82) is 0 Å². The van der Waals surface area contributed by atoms with E-state index in [0.717, 1.165) is 6.26 Å². The second-order valence-electron chi connectivity index (χ2n) is 5.72. The van der Waals surface area contributed by atoms with Gasteiger partial charge < -0.3 is 9.73 Å². The number of halogens is 1. The van der Waals surface area contributed by atoms with Crippen LogP contribution < -0.4 is 5.32 Å². The van der Waals surface area contributed by atoms with Crippen LogP contribution in [0.25, 0.3) is 16.2 Å². The zero-order valence-electron chi connectivity index (χ0n) is 13.8. The molecule has 1 N–H and O–H groups in total. The van der Waals surface area contributed by atoms with E-state index in [1.54, 1.807) is 28.1 Å². The van der Waals surface area contributed by atoms with Gasteiger partial charge in [-0.3, -0.25) is 9.20 Å². The van der Waals surface area contributed by atoms with Gasteiger partial charge in [0.1, 0.15) is 17.3 Å². The number of imidazole rings is 1. The molecule has 0 atom stereocenters. The summed E-state index contributed by atoms with van der Waals surface area (Å²) in [5.74, 6) is -0.777. The Hall–Kier alpha value is -2.98. The molecule has 3 aromatic heterocycles. The number of furan rings is 1. The standard InChI is InChI=1S/C17H12FN3O4S2/c1-27(23,24)13-7-6-12(25-13)16(22)20-15-14(10-2-4-11(18)5-3-10)19-17-21(15)8-9-26-17/h2-9H,1H3,(H,20,22). The molecular formula is C17H12FN3O4S2. The Labute approximate surface area is 157 Å². The van der Waals surface area contributed by atoms with Crippen LogP contribution in [-0.4, -0.2) is 30.0 Å². The van der Waals surface area contributed by atoms with Gasteiger partial charge in [0.15, 0.2) is 10.7 Å². The van der Waals surface area contributed by atoms with Crippen molar-refractivity contribution < 1.29 is 22.0 Å². The zero-order chi connectivity index (χ0) is 19.2. The number of hydrogen-bond acceptors (Lipinski definition) is 6. The third-order valence-electron chi connectivity index (χ3n) is 3.78. The molecule has 0 aliphatic carbocycles. The van der Waals surface area contributed by atoms with Gasteiger partial charge in [0.25, 0.3) is 5.91 Å². The topological polar surface area (TPSA) is 93.7 Å². The van der Waals surface area contributed by atoms with Gasteiger partial charge in [-0.2, -0.15) is 0 Å². The molecule has 4 rings (SSSR count). The number of benzene rings is 1. The van der Waals surface area contributed by atoms with Crippen LogP contribution in [0.5, 0.6) is 0 Å². The lowest BCUT2D eigenvalue weighted by Crippen LogP contribution is -2.13. The average Bonchev–Trinajstić information content (AvgIpc) is 3.31. The highest BCUT2D eigenvalue weighted by Gasteiger charge is 2.21. The predicted octanol–water partition coefficient (Wildman–Crippen LogP) is 3.45. The fraction of sp³-hybridized carbons (Fsp3) is 0.0588. The molecule has 4 aromatic rings. The summed E-state index contributed by atoms with van der Waals surface area (Å²) >= 11 is 1.37. The number of nitrogens with zero attached hydrogens (tertiary/aromatic N) is 2. The molecule has 0 bridgehead atoms.